The molecule has 3 atom stereocenters. The fourth-order valence-electron chi connectivity index (χ4n) is 4.64. The largest absolute Gasteiger partial charge is 0.461 e. The van der Waals surface area contributed by atoms with Crippen molar-refractivity contribution in [2.75, 3.05) is 0 Å². The van der Waals surface area contributed by atoms with Gasteiger partial charge in [-0.2, -0.15) is 0 Å². The molecule has 0 fully saturated rings. The van der Waals surface area contributed by atoms with E-state index in [0.717, 1.165) is 57.8 Å². The molecule has 0 radical (unpaired) electrons. The predicted octanol–water partition coefficient (Wildman–Crippen LogP) is 7.12. The second-order valence-electron chi connectivity index (χ2n) is 12.5. The van der Waals surface area contributed by atoms with Crippen molar-refractivity contribution in [1.29, 1.82) is 0 Å². The number of hydrogen-bond acceptors (Lipinski definition) is 5. The monoisotopic (exact) mass is 572 g/mol. The smallest absolute Gasteiger partial charge is 0.329 e. The molecule has 1 heterocycles. The Balaban J connectivity index is 1.91. The third-order valence-electron chi connectivity index (χ3n) is 8.20. The molecule has 0 bridgehead atoms. The molecule has 0 aromatic heterocycles. The van der Waals surface area contributed by atoms with Crippen molar-refractivity contribution in [2.45, 2.75) is 135 Å². The molecule has 1 aromatic carbocycles. The average molecular weight is 573 g/mol. The zero-order valence-electron chi connectivity index (χ0n) is 25.6. The van der Waals surface area contributed by atoms with Crippen molar-refractivity contribution in [1.82, 2.24) is 4.90 Å². The Morgan fingerprint density at radius 1 is 0.975 bits per heavy atom. The number of hydrogen-bond donors (Lipinski definition) is 1. The van der Waals surface area contributed by atoms with Crippen molar-refractivity contribution < 1.29 is 23.5 Å². The zero-order chi connectivity index (χ0) is 29.8. The highest BCUT2D eigenvalue weighted by Gasteiger charge is 2.40. The Labute approximate surface area is 243 Å². The van der Waals surface area contributed by atoms with Crippen molar-refractivity contribution in [3.8, 4) is 0 Å². The van der Waals surface area contributed by atoms with Crippen LogP contribution in [-0.2, 0) is 18.8 Å². The van der Waals surface area contributed by atoms with Gasteiger partial charge in [0.1, 0.15) is 18.2 Å². The number of primary amides is 1. The molecule has 0 aliphatic carbocycles. The molecule has 7 nitrogen and oxygen atoms in total. The third-order valence-corrected chi connectivity index (χ3v) is 12.7. The van der Waals surface area contributed by atoms with Crippen LogP contribution in [-0.4, -0.2) is 49.3 Å². The number of carbonyl (C=O) groups is 3. The predicted molar refractivity (Wildman–Crippen MR) is 163 cm³/mol. The van der Waals surface area contributed by atoms with Gasteiger partial charge in [-0.3, -0.25) is 9.59 Å². The van der Waals surface area contributed by atoms with Gasteiger partial charge >= 0.3 is 5.97 Å². The summed E-state index contributed by atoms with van der Waals surface area (Å²) in [6.45, 7) is 12.9. The highest BCUT2D eigenvalue weighted by molar-refractivity contribution is 6.74. The van der Waals surface area contributed by atoms with Crippen LogP contribution in [0.4, 0.5) is 0 Å². The number of amides is 2. The summed E-state index contributed by atoms with van der Waals surface area (Å²) in [6, 6.07) is 8.38. The van der Waals surface area contributed by atoms with E-state index in [-0.39, 0.29) is 23.0 Å². The molecule has 0 saturated carbocycles. The number of unbranched alkanes of at least 4 members (excludes halogenated alkanes) is 5. The van der Waals surface area contributed by atoms with Crippen LogP contribution in [0.3, 0.4) is 0 Å². The van der Waals surface area contributed by atoms with Crippen LogP contribution in [0.1, 0.15) is 109 Å². The summed E-state index contributed by atoms with van der Waals surface area (Å²) in [5.74, 6) is -0.932. The molecule has 224 valence electrons. The molecule has 1 aliphatic rings. The van der Waals surface area contributed by atoms with Gasteiger partial charge in [-0.05, 0) is 68.8 Å². The zero-order valence-corrected chi connectivity index (χ0v) is 26.6. The second kappa shape index (κ2) is 16.1. The first kappa shape index (κ1) is 33.8. The lowest BCUT2D eigenvalue weighted by molar-refractivity contribution is -0.154. The minimum absolute atomic E-state index is 0.00565. The molecular formula is C32H52N2O5Si. The normalized spacial score (nSPS) is 17.1. The fraction of sp³-hybridized carbons (Fsp3) is 0.656. The van der Waals surface area contributed by atoms with Gasteiger partial charge in [0.05, 0.1) is 0 Å². The summed E-state index contributed by atoms with van der Waals surface area (Å²) in [5.41, 5.74) is 6.23. The van der Waals surface area contributed by atoms with Gasteiger partial charge in [0.2, 0.25) is 5.91 Å². The standard InChI is InChI=1S/C32H52N2O5Si/c1-7-8-9-14-20-26(21-15-11-16-23-28(29(33)35)39-40(5,6)32(2,3)4)38-31(37)27-22-17-24-34(27)30(36)25-18-12-10-13-19-25/h10,12-13,17-19,24,26-28H,7-9,11,14-16,20-23H2,1-6H3,(H2,33,35)/t26-,27+,28-/m1/s1. The van der Waals surface area contributed by atoms with Gasteiger partial charge in [-0.15, -0.1) is 0 Å². The van der Waals surface area contributed by atoms with E-state index < -0.39 is 26.4 Å². The molecule has 2 N–H and O–H groups in total. The number of rotatable bonds is 17. The minimum atomic E-state index is -2.10. The molecule has 0 unspecified atom stereocenters. The summed E-state index contributed by atoms with van der Waals surface area (Å²) >= 11 is 0. The highest BCUT2D eigenvalue weighted by Crippen LogP contribution is 2.37. The van der Waals surface area contributed by atoms with E-state index in [1.807, 2.05) is 24.3 Å². The minimum Gasteiger partial charge on any atom is -0.461 e. The quantitative estimate of drug-likeness (QED) is 0.122. The Kier molecular flexibility index (Phi) is 13.6. The van der Waals surface area contributed by atoms with Crippen LogP contribution < -0.4 is 5.73 Å². The van der Waals surface area contributed by atoms with Crippen LogP contribution in [0.25, 0.3) is 0 Å². The van der Waals surface area contributed by atoms with E-state index in [0.29, 0.717) is 18.4 Å². The van der Waals surface area contributed by atoms with Crippen LogP contribution in [0.5, 0.6) is 0 Å². The lowest BCUT2D eigenvalue weighted by Crippen LogP contribution is -2.47. The molecule has 8 heteroatoms. The SMILES string of the molecule is CCCCCC[C@H](CCCCC[C@@H](O[Si](C)(C)C(C)(C)C)C(N)=O)OC(=O)[C@@H]1CC=CN1C(=O)c1ccccc1. The van der Waals surface area contributed by atoms with E-state index in [1.54, 1.807) is 18.3 Å². The first-order valence-electron chi connectivity index (χ1n) is 15.1. The van der Waals surface area contributed by atoms with Crippen molar-refractivity contribution >= 4 is 26.1 Å². The summed E-state index contributed by atoms with van der Waals surface area (Å²) in [6.07, 6.45) is 12.5. The average Bonchev–Trinajstić information content (AvgIpc) is 3.39. The Morgan fingerprint density at radius 3 is 2.15 bits per heavy atom. The first-order valence-corrected chi connectivity index (χ1v) is 18.0. The third kappa shape index (κ3) is 10.5. The fourth-order valence-corrected chi connectivity index (χ4v) is 5.94. The van der Waals surface area contributed by atoms with Gasteiger partial charge in [-0.25, -0.2) is 4.79 Å². The maximum absolute atomic E-state index is 13.2. The summed E-state index contributed by atoms with van der Waals surface area (Å²) in [4.78, 5) is 39.8. The number of nitrogens with two attached hydrogens (primary N) is 1. The topological polar surface area (TPSA) is 98.9 Å². The van der Waals surface area contributed by atoms with E-state index in [4.69, 9.17) is 14.9 Å². The lowest BCUT2D eigenvalue weighted by atomic mass is 10.0. The van der Waals surface area contributed by atoms with Gasteiger partial charge in [0, 0.05) is 11.8 Å². The van der Waals surface area contributed by atoms with E-state index in [9.17, 15) is 14.4 Å². The van der Waals surface area contributed by atoms with Crippen LogP contribution >= 0.6 is 0 Å². The molecule has 1 aromatic rings. The molecule has 0 saturated heterocycles. The number of benzene rings is 1. The summed E-state index contributed by atoms with van der Waals surface area (Å²) in [7, 11) is -2.10. The number of nitrogens with zero attached hydrogens (tertiary/aromatic N) is 1. The maximum Gasteiger partial charge on any atom is 0.329 e. The summed E-state index contributed by atoms with van der Waals surface area (Å²) in [5, 5.41) is 0.00565. The molecule has 40 heavy (non-hydrogen) atoms. The van der Waals surface area contributed by atoms with E-state index in [2.05, 4.69) is 40.8 Å². The molecule has 2 amide bonds. The van der Waals surface area contributed by atoms with Crippen molar-refractivity contribution in [3.05, 3.63) is 48.2 Å². The van der Waals surface area contributed by atoms with E-state index in [1.165, 1.54) is 4.90 Å². The molecule has 0 spiro atoms. The second-order valence-corrected chi connectivity index (χ2v) is 17.3. The van der Waals surface area contributed by atoms with Crippen LogP contribution in [0, 0.1) is 0 Å². The lowest BCUT2D eigenvalue weighted by Gasteiger charge is -2.38. The number of ether oxygens (including phenoxy) is 1. The maximum atomic E-state index is 13.2. The van der Waals surface area contributed by atoms with Crippen LogP contribution in [0.2, 0.25) is 18.1 Å². The van der Waals surface area contributed by atoms with Gasteiger partial charge < -0.3 is 19.8 Å². The molecule has 1 aliphatic heterocycles. The molecular weight excluding hydrogens is 520 g/mol. The number of carbonyl (C=O) groups excluding carboxylic acids is 3. The van der Waals surface area contributed by atoms with Crippen LogP contribution in [0.15, 0.2) is 42.6 Å². The van der Waals surface area contributed by atoms with Gasteiger partial charge in [0.15, 0.2) is 8.32 Å². The molecule has 2 rings (SSSR count). The van der Waals surface area contributed by atoms with Gasteiger partial charge in [-0.1, -0.05) is 84.1 Å². The van der Waals surface area contributed by atoms with Gasteiger partial charge in [0.25, 0.3) is 5.91 Å². The Morgan fingerprint density at radius 2 is 1.57 bits per heavy atom. The highest BCUT2D eigenvalue weighted by atomic mass is 28.4. The Hall–Kier alpha value is -2.45. The van der Waals surface area contributed by atoms with E-state index >= 15 is 0 Å². The first-order chi connectivity index (χ1) is 18.9. The Bertz CT molecular complexity index is 973. The number of esters is 1. The van der Waals surface area contributed by atoms with Crippen molar-refractivity contribution in [3.63, 3.8) is 0 Å². The summed E-state index contributed by atoms with van der Waals surface area (Å²) < 4.78 is 12.3. The van der Waals surface area contributed by atoms with Crippen molar-refractivity contribution in [2.24, 2.45) is 5.73 Å².